The lowest BCUT2D eigenvalue weighted by Crippen LogP contribution is -2.42. The van der Waals surface area contributed by atoms with Crippen LogP contribution in [0.2, 0.25) is 0 Å². The number of carboxylic acid groups (broad SMARTS) is 1. The van der Waals surface area contributed by atoms with E-state index >= 15 is 0 Å². The van der Waals surface area contributed by atoms with E-state index in [1.165, 1.54) is 6.08 Å². The minimum Gasteiger partial charge on any atom is -0.481 e. The van der Waals surface area contributed by atoms with Gasteiger partial charge in [0.25, 0.3) is 0 Å². The maximum absolute atomic E-state index is 11.6. The molecule has 19 heavy (non-hydrogen) atoms. The van der Waals surface area contributed by atoms with Crippen molar-refractivity contribution in [2.45, 2.75) is 45.4 Å². The molecule has 0 aromatic rings. The van der Waals surface area contributed by atoms with Crippen LogP contribution < -0.4 is 5.32 Å². The van der Waals surface area contributed by atoms with Gasteiger partial charge in [0.05, 0.1) is 5.41 Å². The van der Waals surface area contributed by atoms with E-state index < -0.39 is 11.4 Å². The van der Waals surface area contributed by atoms with Gasteiger partial charge in [-0.3, -0.25) is 9.59 Å². The van der Waals surface area contributed by atoms with Crippen LogP contribution in [0.5, 0.6) is 0 Å². The lowest BCUT2D eigenvalue weighted by molar-refractivity contribution is -0.149. The molecule has 1 saturated carbocycles. The summed E-state index contributed by atoms with van der Waals surface area (Å²) < 4.78 is 0. The third-order valence-electron chi connectivity index (χ3n) is 3.67. The topological polar surface area (TPSA) is 66.4 Å². The summed E-state index contributed by atoms with van der Waals surface area (Å²) in [7, 11) is 0. The van der Waals surface area contributed by atoms with E-state index in [4.69, 9.17) is 0 Å². The van der Waals surface area contributed by atoms with E-state index in [2.05, 4.69) is 5.32 Å². The Balaban J connectivity index is 2.58. The summed E-state index contributed by atoms with van der Waals surface area (Å²) in [5, 5.41) is 12.2. The van der Waals surface area contributed by atoms with E-state index in [-0.39, 0.29) is 12.5 Å². The van der Waals surface area contributed by atoms with Crippen LogP contribution in [0, 0.1) is 5.41 Å². The molecule has 0 spiro atoms. The standard InChI is InChI=1S/C15H23NO3/c1-2-3-6-9-13(17)16-12-15(14(18)19)10-7-4-5-8-11-15/h2-3,6,9H,4-5,7-8,10-12H2,1H3,(H,16,17)(H,18,19). The molecule has 0 atom stereocenters. The number of carbonyl (C=O) groups is 2. The SMILES string of the molecule is CC=CC=CC(=O)NCC1(C(=O)O)CCCCCC1. The van der Waals surface area contributed by atoms with Crippen molar-refractivity contribution in [3.8, 4) is 0 Å². The molecule has 0 aliphatic heterocycles. The van der Waals surface area contributed by atoms with E-state index in [1.54, 1.807) is 12.2 Å². The molecule has 1 aliphatic carbocycles. The van der Waals surface area contributed by atoms with Crippen molar-refractivity contribution in [3.05, 3.63) is 24.3 Å². The highest BCUT2D eigenvalue weighted by Crippen LogP contribution is 2.34. The first-order valence-corrected chi connectivity index (χ1v) is 6.91. The molecule has 2 N–H and O–H groups in total. The van der Waals surface area contributed by atoms with Crippen molar-refractivity contribution in [1.82, 2.24) is 5.32 Å². The largest absolute Gasteiger partial charge is 0.481 e. The van der Waals surface area contributed by atoms with Crippen molar-refractivity contribution < 1.29 is 14.7 Å². The molecule has 0 saturated heterocycles. The van der Waals surface area contributed by atoms with Gasteiger partial charge in [-0.2, -0.15) is 0 Å². The van der Waals surface area contributed by atoms with E-state index in [1.807, 2.05) is 13.0 Å². The summed E-state index contributed by atoms with van der Waals surface area (Å²) in [6, 6.07) is 0. The maximum atomic E-state index is 11.6. The Morgan fingerprint density at radius 1 is 1.16 bits per heavy atom. The Morgan fingerprint density at radius 2 is 1.79 bits per heavy atom. The van der Waals surface area contributed by atoms with E-state index in [0.717, 1.165) is 25.7 Å². The molecule has 106 valence electrons. The van der Waals surface area contributed by atoms with Gasteiger partial charge in [0.1, 0.15) is 0 Å². The maximum Gasteiger partial charge on any atom is 0.311 e. The Hall–Kier alpha value is -1.58. The van der Waals surface area contributed by atoms with Crippen molar-refractivity contribution in [3.63, 3.8) is 0 Å². The number of rotatable bonds is 5. The average molecular weight is 265 g/mol. The molecule has 1 rings (SSSR count). The normalized spacial score (nSPS) is 19.4. The molecule has 0 radical (unpaired) electrons. The predicted molar refractivity (Wildman–Crippen MR) is 74.7 cm³/mol. The molecule has 0 aromatic carbocycles. The minimum absolute atomic E-state index is 0.224. The molecule has 1 amide bonds. The van der Waals surface area contributed by atoms with Crippen LogP contribution in [0.3, 0.4) is 0 Å². The summed E-state index contributed by atoms with van der Waals surface area (Å²) in [6.45, 7) is 2.09. The number of hydrogen-bond acceptors (Lipinski definition) is 2. The zero-order valence-electron chi connectivity index (χ0n) is 11.5. The van der Waals surface area contributed by atoms with Crippen molar-refractivity contribution in [2.24, 2.45) is 5.41 Å². The molecular formula is C15H23NO3. The second-order valence-electron chi connectivity index (χ2n) is 5.10. The third kappa shape index (κ3) is 4.89. The second kappa shape index (κ2) is 7.77. The molecule has 0 bridgehead atoms. The van der Waals surface area contributed by atoms with Crippen molar-refractivity contribution in [1.29, 1.82) is 0 Å². The van der Waals surface area contributed by atoms with Gasteiger partial charge < -0.3 is 10.4 Å². The van der Waals surface area contributed by atoms with E-state index in [9.17, 15) is 14.7 Å². The molecule has 1 aliphatic rings. The molecule has 1 fully saturated rings. The number of nitrogens with one attached hydrogen (secondary N) is 1. The average Bonchev–Trinajstić information content (AvgIpc) is 2.63. The molecular weight excluding hydrogens is 242 g/mol. The van der Waals surface area contributed by atoms with Crippen molar-refractivity contribution in [2.75, 3.05) is 6.54 Å². The molecule has 0 heterocycles. The second-order valence-corrected chi connectivity index (χ2v) is 5.10. The third-order valence-corrected chi connectivity index (χ3v) is 3.67. The van der Waals surface area contributed by atoms with E-state index in [0.29, 0.717) is 12.8 Å². The van der Waals surface area contributed by atoms with Crippen LogP contribution in [0.4, 0.5) is 0 Å². The number of amides is 1. The summed E-state index contributed by atoms with van der Waals surface area (Å²) in [5.74, 6) is -1.02. The van der Waals surface area contributed by atoms with Crippen LogP contribution in [-0.2, 0) is 9.59 Å². The smallest absolute Gasteiger partial charge is 0.311 e. The molecule has 0 aromatic heterocycles. The zero-order valence-corrected chi connectivity index (χ0v) is 11.5. The number of hydrogen-bond donors (Lipinski definition) is 2. The summed E-state index contributed by atoms with van der Waals surface area (Å²) in [6.07, 6.45) is 12.0. The summed E-state index contributed by atoms with van der Waals surface area (Å²) in [5.41, 5.74) is -0.777. The van der Waals surface area contributed by atoms with Crippen LogP contribution in [0.15, 0.2) is 24.3 Å². The summed E-state index contributed by atoms with van der Waals surface area (Å²) >= 11 is 0. The number of carbonyl (C=O) groups excluding carboxylic acids is 1. The fourth-order valence-corrected chi connectivity index (χ4v) is 2.44. The first-order valence-electron chi connectivity index (χ1n) is 6.91. The molecule has 4 heteroatoms. The first-order chi connectivity index (χ1) is 9.10. The monoisotopic (exact) mass is 265 g/mol. The highest BCUT2D eigenvalue weighted by molar-refractivity contribution is 5.88. The Morgan fingerprint density at radius 3 is 2.32 bits per heavy atom. The quantitative estimate of drug-likeness (QED) is 0.456. The fraction of sp³-hybridized carbons (Fsp3) is 0.600. The minimum atomic E-state index is -0.785. The fourth-order valence-electron chi connectivity index (χ4n) is 2.44. The molecule has 0 unspecified atom stereocenters. The lowest BCUT2D eigenvalue weighted by atomic mass is 9.80. The Kier molecular flexibility index (Phi) is 6.33. The van der Waals surface area contributed by atoms with Crippen LogP contribution in [0.1, 0.15) is 45.4 Å². The molecule has 4 nitrogen and oxygen atoms in total. The van der Waals surface area contributed by atoms with Gasteiger partial charge in [-0.1, -0.05) is 43.9 Å². The van der Waals surface area contributed by atoms with Crippen LogP contribution in [0.25, 0.3) is 0 Å². The Bertz CT molecular complexity index is 364. The van der Waals surface area contributed by atoms with Gasteiger partial charge in [-0.05, 0) is 19.8 Å². The van der Waals surface area contributed by atoms with Crippen LogP contribution in [-0.4, -0.2) is 23.5 Å². The number of aliphatic carboxylic acids is 1. The van der Waals surface area contributed by atoms with Gasteiger partial charge >= 0.3 is 5.97 Å². The highest BCUT2D eigenvalue weighted by atomic mass is 16.4. The lowest BCUT2D eigenvalue weighted by Gasteiger charge is -2.27. The first kappa shape index (κ1) is 15.5. The highest BCUT2D eigenvalue weighted by Gasteiger charge is 2.38. The van der Waals surface area contributed by atoms with Crippen LogP contribution >= 0.6 is 0 Å². The zero-order chi connectivity index (χ0) is 14.1. The number of allylic oxidation sites excluding steroid dienone is 3. The van der Waals surface area contributed by atoms with Gasteiger partial charge in [0, 0.05) is 12.6 Å². The Labute approximate surface area is 114 Å². The van der Waals surface area contributed by atoms with Crippen molar-refractivity contribution >= 4 is 11.9 Å². The number of carboxylic acids is 1. The van der Waals surface area contributed by atoms with Gasteiger partial charge in [0.15, 0.2) is 0 Å². The van der Waals surface area contributed by atoms with Gasteiger partial charge in [0.2, 0.25) is 5.91 Å². The van der Waals surface area contributed by atoms with Gasteiger partial charge in [-0.25, -0.2) is 0 Å². The summed E-state index contributed by atoms with van der Waals surface area (Å²) in [4.78, 5) is 23.1. The predicted octanol–water partition coefficient (Wildman–Crippen LogP) is 2.66. The van der Waals surface area contributed by atoms with Gasteiger partial charge in [-0.15, -0.1) is 0 Å².